The van der Waals surface area contributed by atoms with Gasteiger partial charge in [0.1, 0.15) is 11.4 Å². The van der Waals surface area contributed by atoms with Gasteiger partial charge in [-0.15, -0.1) is 6.58 Å². The molecule has 0 saturated carbocycles. The van der Waals surface area contributed by atoms with Crippen molar-refractivity contribution in [3.8, 4) is 11.8 Å². The lowest BCUT2D eigenvalue weighted by molar-refractivity contribution is 0.0940. The van der Waals surface area contributed by atoms with Crippen molar-refractivity contribution in [3.05, 3.63) is 82.1 Å². The van der Waals surface area contributed by atoms with E-state index in [0.29, 0.717) is 29.0 Å². The van der Waals surface area contributed by atoms with Crippen molar-refractivity contribution >= 4 is 28.3 Å². The van der Waals surface area contributed by atoms with Crippen molar-refractivity contribution in [2.24, 2.45) is 21.1 Å². The Hall–Kier alpha value is -4.78. The molecule has 36 heavy (non-hydrogen) atoms. The van der Waals surface area contributed by atoms with Gasteiger partial charge in [0.15, 0.2) is 5.82 Å². The molecule has 1 aromatic carbocycles. The number of fused-ring (bicyclic) bond motifs is 1. The van der Waals surface area contributed by atoms with Gasteiger partial charge >= 0.3 is 0 Å². The van der Waals surface area contributed by atoms with E-state index >= 15 is 0 Å². The molecule has 3 aromatic heterocycles. The maximum absolute atomic E-state index is 13.4. The SMILES string of the molecule is C=CCNc1c(C(=O)NC(C)c2cc3cccc(C#Cc4cnn(C)c4)c3c(=O)n2C)c(N)nn1C. The number of pyridine rings is 1. The smallest absolute Gasteiger partial charge is 0.259 e. The van der Waals surface area contributed by atoms with Crippen LogP contribution in [0.2, 0.25) is 0 Å². The number of nitrogen functional groups attached to an aromatic ring is 1. The van der Waals surface area contributed by atoms with Crippen LogP contribution < -0.4 is 21.9 Å². The number of nitrogens with one attached hydrogen (secondary N) is 2. The maximum atomic E-state index is 13.4. The van der Waals surface area contributed by atoms with Gasteiger partial charge in [-0.2, -0.15) is 10.2 Å². The monoisotopic (exact) mass is 484 g/mol. The molecular formula is C26H28N8O2. The molecule has 184 valence electrons. The quantitative estimate of drug-likeness (QED) is 0.284. The molecule has 1 amide bonds. The first-order valence-electron chi connectivity index (χ1n) is 11.3. The topological polar surface area (TPSA) is 125 Å². The van der Waals surface area contributed by atoms with Crippen molar-refractivity contribution in [1.29, 1.82) is 0 Å². The van der Waals surface area contributed by atoms with Gasteiger partial charge in [0, 0.05) is 45.1 Å². The lowest BCUT2D eigenvalue weighted by Gasteiger charge is -2.19. The zero-order valence-corrected chi connectivity index (χ0v) is 20.7. The lowest BCUT2D eigenvalue weighted by atomic mass is 10.0. The molecule has 4 N–H and O–H groups in total. The Morgan fingerprint density at radius 3 is 2.75 bits per heavy atom. The number of aryl methyl sites for hydroxylation is 2. The molecule has 0 aliphatic heterocycles. The molecule has 4 aromatic rings. The van der Waals surface area contributed by atoms with E-state index in [0.717, 1.165) is 10.9 Å². The molecular weight excluding hydrogens is 456 g/mol. The number of hydrogen-bond donors (Lipinski definition) is 3. The van der Waals surface area contributed by atoms with E-state index in [1.165, 1.54) is 9.25 Å². The van der Waals surface area contributed by atoms with Crippen LogP contribution in [0.3, 0.4) is 0 Å². The van der Waals surface area contributed by atoms with E-state index in [4.69, 9.17) is 5.73 Å². The standard InChI is InChI=1S/C26H28N8O2/c1-6-12-28-24-22(23(27)31-34(24)5)25(35)30-16(2)20-13-19-9-7-8-18(21(19)26(36)33(20)4)11-10-17-14-29-32(3)15-17/h6-9,13-16,28H,1,12H2,2-5H3,(H2,27,31)(H,30,35). The number of carbonyl (C=O) groups excluding carboxylic acids is 1. The van der Waals surface area contributed by atoms with E-state index < -0.39 is 11.9 Å². The summed E-state index contributed by atoms with van der Waals surface area (Å²) in [6.07, 6.45) is 5.16. The third kappa shape index (κ3) is 4.59. The third-order valence-corrected chi connectivity index (χ3v) is 5.86. The predicted octanol–water partition coefficient (Wildman–Crippen LogP) is 2.08. The zero-order valence-electron chi connectivity index (χ0n) is 20.7. The zero-order chi connectivity index (χ0) is 26.0. The van der Waals surface area contributed by atoms with E-state index in [1.54, 1.807) is 31.1 Å². The highest BCUT2D eigenvalue weighted by atomic mass is 16.2. The Bertz CT molecular complexity index is 1600. The number of nitrogens with two attached hydrogens (primary N) is 1. The molecule has 0 fully saturated rings. The molecule has 1 atom stereocenters. The largest absolute Gasteiger partial charge is 0.381 e. The number of nitrogens with zero attached hydrogens (tertiary/aromatic N) is 5. The molecule has 0 radical (unpaired) electrons. The Morgan fingerprint density at radius 1 is 1.28 bits per heavy atom. The van der Waals surface area contributed by atoms with Crippen LogP contribution in [0.15, 0.2) is 54.1 Å². The van der Waals surface area contributed by atoms with Gasteiger partial charge in [0.2, 0.25) is 0 Å². The lowest BCUT2D eigenvalue weighted by Crippen LogP contribution is -2.32. The number of hydrogen-bond acceptors (Lipinski definition) is 6. The van der Waals surface area contributed by atoms with Gasteiger partial charge < -0.3 is 20.9 Å². The molecule has 10 nitrogen and oxygen atoms in total. The van der Waals surface area contributed by atoms with Crippen molar-refractivity contribution < 1.29 is 4.79 Å². The summed E-state index contributed by atoms with van der Waals surface area (Å²) in [7, 11) is 5.20. The molecule has 0 aliphatic rings. The fourth-order valence-corrected chi connectivity index (χ4v) is 4.10. The van der Waals surface area contributed by atoms with E-state index in [1.807, 2.05) is 44.4 Å². The van der Waals surface area contributed by atoms with E-state index in [-0.39, 0.29) is 16.9 Å². The number of amides is 1. The minimum absolute atomic E-state index is 0.109. The summed E-state index contributed by atoms with van der Waals surface area (Å²) in [4.78, 5) is 26.5. The van der Waals surface area contributed by atoms with Crippen LogP contribution in [0.1, 0.15) is 40.1 Å². The van der Waals surface area contributed by atoms with E-state index in [9.17, 15) is 9.59 Å². The molecule has 0 spiro atoms. The second-order valence-electron chi connectivity index (χ2n) is 8.45. The number of anilines is 2. The summed E-state index contributed by atoms with van der Waals surface area (Å²) in [5.74, 6) is 6.35. The molecule has 3 heterocycles. The highest BCUT2D eigenvalue weighted by Crippen LogP contribution is 2.24. The highest BCUT2D eigenvalue weighted by molar-refractivity contribution is 6.03. The summed E-state index contributed by atoms with van der Waals surface area (Å²) >= 11 is 0. The van der Waals surface area contributed by atoms with Crippen LogP contribution in [-0.2, 0) is 21.1 Å². The number of aromatic nitrogens is 5. The first-order valence-corrected chi connectivity index (χ1v) is 11.3. The van der Waals surface area contributed by atoms with Crippen molar-refractivity contribution in [2.75, 3.05) is 17.6 Å². The summed E-state index contributed by atoms with van der Waals surface area (Å²) in [5.41, 5.74) is 8.08. The first kappa shape index (κ1) is 24.3. The van der Waals surface area contributed by atoms with Crippen LogP contribution in [0.25, 0.3) is 10.8 Å². The van der Waals surface area contributed by atoms with Crippen LogP contribution in [0.5, 0.6) is 0 Å². The Balaban J connectivity index is 1.68. The fraction of sp³-hybridized carbons (Fsp3) is 0.231. The second-order valence-corrected chi connectivity index (χ2v) is 8.45. The van der Waals surface area contributed by atoms with Crippen molar-refractivity contribution in [3.63, 3.8) is 0 Å². The fourth-order valence-electron chi connectivity index (χ4n) is 4.10. The van der Waals surface area contributed by atoms with Gasteiger partial charge in [-0.05, 0) is 24.4 Å². The summed E-state index contributed by atoms with van der Waals surface area (Å²) in [5, 5.41) is 15.6. The minimum atomic E-state index is -0.489. The molecule has 0 saturated heterocycles. The van der Waals surface area contributed by atoms with Crippen molar-refractivity contribution in [2.45, 2.75) is 13.0 Å². The third-order valence-electron chi connectivity index (χ3n) is 5.86. The van der Waals surface area contributed by atoms with Crippen LogP contribution in [-0.4, -0.2) is 36.6 Å². The summed E-state index contributed by atoms with van der Waals surface area (Å²) < 4.78 is 4.72. The number of rotatable bonds is 6. The minimum Gasteiger partial charge on any atom is -0.381 e. The Morgan fingerprint density at radius 2 is 2.06 bits per heavy atom. The van der Waals surface area contributed by atoms with Crippen LogP contribution in [0.4, 0.5) is 11.6 Å². The van der Waals surface area contributed by atoms with Crippen LogP contribution in [0, 0.1) is 11.8 Å². The maximum Gasteiger partial charge on any atom is 0.259 e. The van der Waals surface area contributed by atoms with Gasteiger partial charge in [-0.25, -0.2) is 0 Å². The summed E-state index contributed by atoms with van der Waals surface area (Å²) in [6, 6.07) is 6.94. The van der Waals surface area contributed by atoms with Gasteiger partial charge in [0.05, 0.1) is 23.2 Å². The normalized spacial score (nSPS) is 11.6. The first-order chi connectivity index (χ1) is 17.2. The van der Waals surface area contributed by atoms with E-state index in [2.05, 4.69) is 39.3 Å². The average Bonchev–Trinajstić information content (AvgIpc) is 3.39. The molecule has 4 rings (SSSR count). The van der Waals surface area contributed by atoms with Crippen LogP contribution >= 0.6 is 0 Å². The van der Waals surface area contributed by atoms with Crippen molar-refractivity contribution in [1.82, 2.24) is 29.4 Å². The Labute approximate surface area is 208 Å². The van der Waals surface area contributed by atoms with Gasteiger partial charge in [0.25, 0.3) is 11.5 Å². The summed E-state index contributed by atoms with van der Waals surface area (Å²) in [6.45, 7) is 5.94. The predicted molar refractivity (Wildman–Crippen MR) is 141 cm³/mol. The number of carbonyl (C=O) groups is 1. The molecule has 10 heteroatoms. The molecule has 1 unspecified atom stereocenters. The number of benzene rings is 1. The second kappa shape index (κ2) is 9.84. The van der Waals surface area contributed by atoms with Gasteiger partial charge in [-0.1, -0.05) is 30.0 Å². The van der Waals surface area contributed by atoms with Gasteiger partial charge in [-0.3, -0.25) is 19.0 Å². The Kier molecular flexibility index (Phi) is 6.65. The highest BCUT2D eigenvalue weighted by Gasteiger charge is 2.24. The molecule has 0 aliphatic carbocycles. The molecule has 0 bridgehead atoms. The average molecular weight is 485 g/mol.